The average Bonchev–Trinajstić information content (AvgIpc) is 3.97. The molecule has 0 bridgehead atoms. The van der Waals surface area contributed by atoms with Gasteiger partial charge in [-0.2, -0.15) is 0 Å². The summed E-state index contributed by atoms with van der Waals surface area (Å²) in [6.07, 6.45) is 0. The van der Waals surface area contributed by atoms with E-state index in [1.807, 2.05) is 109 Å². The fraction of sp³-hybridized carbons (Fsp3) is 0. The van der Waals surface area contributed by atoms with Crippen molar-refractivity contribution in [1.82, 2.24) is 19.5 Å². The lowest BCUT2D eigenvalue weighted by Crippen LogP contribution is -2.00. The van der Waals surface area contributed by atoms with Crippen LogP contribution in [0.5, 0.6) is 0 Å². The summed E-state index contributed by atoms with van der Waals surface area (Å²) in [5.41, 5.74) is 7.68. The quantitative estimate of drug-likeness (QED) is 0.169. The summed E-state index contributed by atoms with van der Waals surface area (Å²) in [6, 6.07) is 42.4. The first-order valence-electron chi connectivity index (χ1n) is 24.4. The average molecular weight is 777 g/mol. The van der Waals surface area contributed by atoms with E-state index in [9.17, 15) is 2.74 Å². The largest absolute Gasteiger partial charge is 0.456 e. The highest BCUT2D eigenvalue weighted by Gasteiger charge is 2.20. The van der Waals surface area contributed by atoms with Gasteiger partial charge in [-0.15, -0.1) is 0 Å². The van der Waals surface area contributed by atoms with Gasteiger partial charge in [0.05, 0.1) is 24.7 Å². The third-order valence-electron chi connectivity index (χ3n) is 10.9. The third-order valence-corrected chi connectivity index (χ3v) is 10.9. The molecule has 60 heavy (non-hydrogen) atoms. The molecule has 5 nitrogen and oxygen atoms in total. The maximum Gasteiger partial charge on any atom is 0.164 e. The summed E-state index contributed by atoms with van der Waals surface area (Å²) in [4.78, 5) is 15.2. The van der Waals surface area contributed by atoms with E-state index in [0.29, 0.717) is 50.7 Å². The van der Waals surface area contributed by atoms with E-state index in [0.717, 1.165) is 33.4 Å². The van der Waals surface area contributed by atoms with Gasteiger partial charge in [0.25, 0.3) is 0 Å². The smallest absolute Gasteiger partial charge is 0.164 e. The molecule has 12 aromatic rings. The van der Waals surface area contributed by atoms with Gasteiger partial charge in [-0.05, 0) is 69.4 Å². The van der Waals surface area contributed by atoms with Crippen LogP contribution in [0.25, 0.3) is 117 Å². The Morgan fingerprint density at radius 3 is 1.65 bits per heavy atom. The van der Waals surface area contributed by atoms with Gasteiger partial charge >= 0.3 is 0 Å². The van der Waals surface area contributed by atoms with Crippen LogP contribution < -0.4 is 0 Å². The van der Waals surface area contributed by atoms with Crippen LogP contribution in [-0.4, -0.2) is 19.5 Å². The minimum atomic E-state index is -0.579. The van der Waals surface area contributed by atoms with Crippen molar-refractivity contribution < 1.29 is 18.1 Å². The first kappa shape index (κ1) is 25.3. The molecule has 0 saturated heterocycles. The van der Waals surface area contributed by atoms with Gasteiger partial charge in [0, 0.05) is 50.0 Å². The van der Waals surface area contributed by atoms with Crippen molar-refractivity contribution in [2.75, 3.05) is 0 Å². The Balaban J connectivity index is 1.07. The normalized spacial score (nSPS) is 14.0. The predicted octanol–water partition coefficient (Wildman–Crippen LogP) is 14.4. The topological polar surface area (TPSA) is 56.7 Å². The molecule has 0 atom stereocenters. The number of nitrogens with zero attached hydrogens (tertiary/aromatic N) is 4. The zero-order valence-electron chi connectivity index (χ0n) is 41.6. The van der Waals surface area contributed by atoms with Crippen LogP contribution in [0.4, 0.5) is 0 Å². The van der Waals surface area contributed by atoms with Gasteiger partial charge < -0.3 is 8.98 Å². The molecule has 9 aromatic carbocycles. The number of hydrogen-bond donors (Lipinski definition) is 0. The lowest BCUT2D eigenvalue weighted by atomic mass is 10.0. The van der Waals surface area contributed by atoms with Gasteiger partial charge in [0.1, 0.15) is 11.2 Å². The summed E-state index contributed by atoms with van der Waals surface area (Å²) < 4.78 is 96.7. The van der Waals surface area contributed by atoms with E-state index in [4.69, 9.17) is 30.3 Å². The van der Waals surface area contributed by atoms with Crippen LogP contribution in [0, 0.1) is 0 Å². The Morgan fingerprint density at radius 1 is 0.417 bits per heavy atom. The fourth-order valence-electron chi connectivity index (χ4n) is 8.02. The molecule has 3 heterocycles. The number of fused-ring (bicyclic) bond motifs is 7. The summed E-state index contributed by atoms with van der Waals surface area (Å²) in [6.45, 7) is 0. The van der Waals surface area contributed by atoms with Crippen LogP contribution in [0.2, 0.25) is 0 Å². The van der Waals surface area contributed by atoms with Crippen LogP contribution in [0.15, 0.2) is 210 Å². The second kappa shape index (κ2) is 13.8. The van der Waals surface area contributed by atoms with Crippen molar-refractivity contribution >= 4 is 54.5 Å². The van der Waals surface area contributed by atoms with E-state index in [2.05, 4.69) is 24.3 Å². The molecule has 0 spiro atoms. The van der Waals surface area contributed by atoms with Crippen LogP contribution in [0.1, 0.15) is 13.7 Å². The predicted molar refractivity (Wildman–Crippen MR) is 246 cm³/mol. The van der Waals surface area contributed by atoms with E-state index in [1.165, 1.54) is 4.57 Å². The molecule has 12 rings (SSSR count). The Kier molecular flexibility index (Phi) is 5.79. The second-order valence-corrected chi connectivity index (χ2v) is 14.4. The summed E-state index contributed by atoms with van der Waals surface area (Å²) in [5.74, 6) is 1.33. The van der Waals surface area contributed by atoms with Crippen molar-refractivity contribution in [2.24, 2.45) is 0 Å². The van der Waals surface area contributed by atoms with E-state index in [-0.39, 0.29) is 44.7 Å². The monoisotopic (exact) mass is 776 g/mol. The second-order valence-electron chi connectivity index (χ2n) is 14.4. The Bertz CT molecular complexity index is 4060. The molecular weight excluding hydrogens is 733 g/mol. The summed E-state index contributed by atoms with van der Waals surface area (Å²) in [7, 11) is 0. The van der Waals surface area contributed by atoms with E-state index >= 15 is 0 Å². The molecule has 0 fully saturated rings. The van der Waals surface area contributed by atoms with E-state index < -0.39 is 48.3 Å². The van der Waals surface area contributed by atoms with E-state index in [1.54, 1.807) is 12.1 Å². The zero-order valence-corrected chi connectivity index (χ0v) is 31.6. The minimum absolute atomic E-state index is 0.0143. The highest BCUT2D eigenvalue weighted by atomic mass is 16.3. The van der Waals surface area contributed by atoms with Gasteiger partial charge in [-0.25, -0.2) is 15.0 Å². The summed E-state index contributed by atoms with van der Waals surface area (Å²) >= 11 is 0. The van der Waals surface area contributed by atoms with Crippen LogP contribution >= 0.6 is 0 Å². The lowest BCUT2D eigenvalue weighted by Gasteiger charge is -2.11. The molecule has 280 valence electrons. The molecule has 0 unspecified atom stereocenters. The number of para-hydroxylation sites is 1. The first-order chi connectivity index (χ1) is 33.9. The number of aromatic nitrogens is 4. The van der Waals surface area contributed by atoms with Gasteiger partial charge in [0.15, 0.2) is 17.5 Å². The Morgan fingerprint density at radius 2 is 0.983 bits per heavy atom. The van der Waals surface area contributed by atoms with Gasteiger partial charge in [0.2, 0.25) is 0 Å². The zero-order chi connectivity index (χ0) is 48.3. The minimum Gasteiger partial charge on any atom is -0.456 e. The SMILES string of the molecule is [2H]c1c([2H])c([2H])c2c([2H])c3c(c([2H])c2c1[2H])c1c([2H])c([2H])c([2H])c([2H])c1n3-c1ccc2c(c1)oc1cccc(-c3nc(-c4ccc(-c5ccccc5)cc4)nc(-c4ccc(-c5ccccc5)cc4)n3)c12. The Labute approximate surface area is 359 Å². The molecule has 0 N–H and O–H groups in total. The highest BCUT2D eigenvalue weighted by molar-refractivity contribution is 6.15. The van der Waals surface area contributed by atoms with Crippen LogP contribution in [0.3, 0.4) is 0 Å². The highest BCUT2D eigenvalue weighted by Crippen LogP contribution is 2.40. The van der Waals surface area contributed by atoms with Crippen molar-refractivity contribution in [3.63, 3.8) is 0 Å². The van der Waals surface area contributed by atoms with Gasteiger partial charge in [-0.1, -0.05) is 164 Å². The third kappa shape index (κ3) is 5.67. The molecule has 0 aliphatic heterocycles. The number of furan rings is 1. The number of hydrogen-bond acceptors (Lipinski definition) is 4. The molecule has 0 aliphatic rings. The van der Waals surface area contributed by atoms with Crippen LogP contribution in [-0.2, 0) is 0 Å². The maximum atomic E-state index is 9.53. The molecule has 0 amide bonds. The Hall–Kier alpha value is -8.15. The maximum absolute atomic E-state index is 9.53. The molecule has 0 radical (unpaired) electrons. The number of rotatable bonds is 6. The first-order valence-corrected chi connectivity index (χ1v) is 19.4. The van der Waals surface area contributed by atoms with Crippen molar-refractivity contribution in [2.45, 2.75) is 0 Å². The van der Waals surface area contributed by atoms with Crippen molar-refractivity contribution in [3.05, 3.63) is 206 Å². The molecule has 5 heteroatoms. The molecular formula is C55H34N4O. The molecule has 0 saturated carbocycles. The van der Waals surface area contributed by atoms with Gasteiger partial charge in [-0.3, -0.25) is 0 Å². The van der Waals surface area contributed by atoms with Crippen molar-refractivity contribution in [3.8, 4) is 62.1 Å². The van der Waals surface area contributed by atoms with Crippen molar-refractivity contribution in [1.29, 1.82) is 0 Å². The number of benzene rings is 9. The lowest BCUT2D eigenvalue weighted by molar-refractivity contribution is 0.668. The fourth-order valence-corrected chi connectivity index (χ4v) is 8.02. The molecule has 0 aliphatic carbocycles. The summed E-state index contributed by atoms with van der Waals surface area (Å²) in [5, 5.41) is 0.869. The standard InChI is InChI=1S/C55H34N4O/c1-3-12-35(13-4-1)37-22-26-39(27-23-37)53-56-54(40-28-24-38(25-29-40)36-14-5-2-6-15-36)58-55(57-53)46-19-11-21-50-52(46)45-31-30-43(34-51(45)60-50)59-48-20-10-9-18-44(48)47-32-41-16-7-8-17-42(41)33-49(47)59/h1-34H/i7D,8D,9D,10D,16D,17D,18D,20D,32D,33D. The molecule has 3 aromatic heterocycles.